The molecule has 0 aromatic heterocycles. The van der Waals surface area contributed by atoms with Crippen LogP contribution in [0.4, 0.5) is 0 Å². The lowest BCUT2D eigenvalue weighted by Gasteiger charge is -2.26. The Hall–Kier alpha value is -0.660. The van der Waals surface area contributed by atoms with E-state index in [-0.39, 0.29) is 0 Å². The number of hydrogen-bond acceptors (Lipinski definition) is 2. The normalized spacial score (nSPS) is 27.6. The summed E-state index contributed by atoms with van der Waals surface area (Å²) in [4.78, 5) is 5.36. The van der Waals surface area contributed by atoms with Crippen LogP contribution < -0.4 is 0 Å². The van der Waals surface area contributed by atoms with Gasteiger partial charge in [0.05, 0.1) is 0 Å². The minimum atomic E-state index is 0.881. The summed E-state index contributed by atoms with van der Waals surface area (Å²) in [6, 6.07) is 0. The van der Waals surface area contributed by atoms with Crippen LogP contribution in [-0.4, -0.2) is 36.0 Å². The van der Waals surface area contributed by atoms with Gasteiger partial charge in [-0.15, -0.1) is 0 Å². The molecule has 0 saturated carbocycles. The molecule has 0 amide bonds. The zero-order chi connectivity index (χ0) is 11.0. The van der Waals surface area contributed by atoms with Crippen LogP contribution in [0.3, 0.4) is 0 Å². The summed E-state index contributed by atoms with van der Waals surface area (Å²) >= 11 is 0. The molecule has 2 saturated heterocycles. The van der Waals surface area contributed by atoms with Crippen LogP contribution in [0.1, 0.15) is 45.4 Å². The average Bonchev–Trinajstić information content (AvgIpc) is 2.98. The Morgan fingerprint density at radius 1 is 0.750 bits per heavy atom. The summed E-state index contributed by atoms with van der Waals surface area (Å²) in [5.41, 5.74) is 3.43. The highest BCUT2D eigenvalue weighted by Crippen LogP contribution is 2.37. The van der Waals surface area contributed by atoms with Crippen molar-refractivity contribution in [3.8, 4) is 0 Å². The summed E-state index contributed by atoms with van der Waals surface area (Å²) in [5.74, 6) is 0.881. The second kappa shape index (κ2) is 4.31. The highest BCUT2D eigenvalue weighted by atomic mass is 15.2. The zero-order valence-electron chi connectivity index (χ0n) is 10.5. The fourth-order valence-corrected chi connectivity index (χ4v) is 3.57. The van der Waals surface area contributed by atoms with Gasteiger partial charge in [0.2, 0.25) is 0 Å². The minimum absolute atomic E-state index is 0.881. The Kier molecular flexibility index (Phi) is 2.82. The third-order valence-electron chi connectivity index (χ3n) is 4.39. The molecule has 90 valence electrons. The van der Waals surface area contributed by atoms with Gasteiger partial charge in [0.25, 0.3) is 0 Å². The zero-order valence-corrected chi connectivity index (χ0v) is 10.5. The van der Waals surface area contributed by atoms with E-state index in [1.54, 1.807) is 11.4 Å². The lowest BCUT2D eigenvalue weighted by atomic mass is 10.1. The minimum Gasteiger partial charge on any atom is -0.373 e. The second-order valence-corrected chi connectivity index (χ2v) is 5.80. The summed E-state index contributed by atoms with van der Waals surface area (Å²) < 4.78 is 0. The molecule has 0 unspecified atom stereocenters. The van der Waals surface area contributed by atoms with Crippen molar-refractivity contribution in [3.05, 3.63) is 11.4 Å². The van der Waals surface area contributed by atoms with E-state index in [4.69, 9.17) is 0 Å². The standard InChI is InChI=1S/C14H24N2/c1-12-10-13(15-6-2-3-7-15)14(11-12)16-8-4-5-9-16/h12H,2-11H2,1H3. The first-order valence-electron chi connectivity index (χ1n) is 7.06. The molecule has 16 heavy (non-hydrogen) atoms. The van der Waals surface area contributed by atoms with Gasteiger partial charge in [0, 0.05) is 37.6 Å². The lowest BCUT2D eigenvalue weighted by Crippen LogP contribution is -2.25. The smallest absolute Gasteiger partial charge is 0.0330 e. The van der Waals surface area contributed by atoms with E-state index < -0.39 is 0 Å². The van der Waals surface area contributed by atoms with Crippen molar-refractivity contribution in [1.29, 1.82) is 0 Å². The van der Waals surface area contributed by atoms with E-state index in [2.05, 4.69) is 16.7 Å². The Bertz CT molecular complexity index is 255. The van der Waals surface area contributed by atoms with Gasteiger partial charge in [0.15, 0.2) is 0 Å². The molecule has 0 aromatic rings. The van der Waals surface area contributed by atoms with Crippen LogP contribution in [0.15, 0.2) is 11.4 Å². The van der Waals surface area contributed by atoms with Crippen molar-refractivity contribution in [2.75, 3.05) is 26.2 Å². The van der Waals surface area contributed by atoms with Crippen LogP contribution in [0.5, 0.6) is 0 Å². The lowest BCUT2D eigenvalue weighted by molar-refractivity contribution is 0.366. The number of rotatable bonds is 2. The van der Waals surface area contributed by atoms with Crippen molar-refractivity contribution in [1.82, 2.24) is 9.80 Å². The molecule has 0 atom stereocenters. The summed E-state index contributed by atoms with van der Waals surface area (Å²) in [6.45, 7) is 7.69. The Morgan fingerprint density at radius 2 is 1.12 bits per heavy atom. The highest BCUT2D eigenvalue weighted by Gasteiger charge is 2.30. The molecule has 2 heterocycles. The van der Waals surface area contributed by atoms with Crippen LogP contribution in [0.2, 0.25) is 0 Å². The summed E-state index contributed by atoms with van der Waals surface area (Å²) in [5, 5.41) is 0. The van der Waals surface area contributed by atoms with Crippen LogP contribution in [0, 0.1) is 5.92 Å². The predicted molar refractivity (Wildman–Crippen MR) is 67.0 cm³/mol. The number of likely N-dealkylation sites (tertiary alicyclic amines) is 2. The van der Waals surface area contributed by atoms with Gasteiger partial charge in [-0.05, 0) is 44.4 Å². The van der Waals surface area contributed by atoms with Crippen LogP contribution in [-0.2, 0) is 0 Å². The Morgan fingerprint density at radius 3 is 1.50 bits per heavy atom. The molecule has 3 rings (SSSR count). The number of allylic oxidation sites excluding steroid dienone is 2. The molecular weight excluding hydrogens is 196 g/mol. The van der Waals surface area contributed by atoms with Gasteiger partial charge in [-0.1, -0.05) is 6.92 Å². The van der Waals surface area contributed by atoms with Gasteiger partial charge < -0.3 is 9.80 Å². The maximum absolute atomic E-state index is 2.68. The van der Waals surface area contributed by atoms with E-state index in [1.165, 1.54) is 64.7 Å². The highest BCUT2D eigenvalue weighted by molar-refractivity contribution is 5.20. The molecule has 2 heteroatoms. The van der Waals surface area contributed by atoms with E-state index in [1.807, 2.05) is 0 Å². The van der Waals surface area contributed by atoms with Gasteiger partial charge in [0.1, 0.15) is 0 Å². The molecular formula is C14H24N2. The van der Waals surface area contributed by atoms with Gasteiger partial charge >= 0.3 is 0 Å². The molecule has 2 nitrogen and oxygen atoms in total. The van der Waals surface area contributed by atoms with Crippen LogP contribution >= 0.6 is 0 Å². The van der Waals surface area contributed by atoms with E-state index in [0.717, 1.165) is 5.92 Å². The van der Waals surface area contributed by atoms with Crippen molar-refractivity contribution < 1.29 is 0 Å². The van der Waals surface area contributed by atoms with E-state index in [0.29, 0.717) is 0 Å². The third kappa shape index (κ3) is 1.83. The van der Waals surface area contributed by atoms with E-state index >= 15 is 0 Å². The monoisotopic (exact) mass is 220 g/mol. The van der Waals surface area contributed by atoms with Gasteiger partial charge in [-0.2, -0.15) is 0 Å². The third-order valence-corrected chi connectivity index (χ3v) is 4.39. The fourth-order valence-electron chi connectivity index (χ4n) is 3.57. The number of nitrogens with zero attached hydrogens (tertiary/aromatic N) is 2. The SMILES string of the molecule is CC1CC(N2CCCC2)=C(N2CCCC2)C1. The molecule has 2 fully saturated rings. The van der Waals surface area contributed by atoms with Crippen molar-refractivity contribution in [2.45, 2.75) is 45.4 Å². The first-order valence-corrected chi connectivity index (χ1v) is 7.06. The Balaban J connectivity index is 1.81. The topological polar surface area (TPSA) is 6.48 Å². The largest absolute Gasteiger partial charge is 0.373 e. The first kappa shape index (κ1) is 10.5. The Labute approximate surface area is 99.3 Å². The summed E-state index contributed by atoms with van der Waals surface area (Å²) in [6.07, 6.45) is 8.31. The second-order valence-electron chi connectivity index (χ2n) is 5.80. The first-order chi connectivity index (χ1) is 7.84. The predicted octanol–water partition coefficient (Wildman–Crippen LogP) is 2.82. The van der Waals surface area contributed by atoms with Crippen molar-refractivity contribution >= 4 is 0 Å². The molecule has 0 bridgehead atoms. The fraction of sp³-hybridized carbons (Fsp3) is 0.857. The number of hydrogen-bond donors (Lipinski definition) is 0. The van der Waals surface area contributed by atoms with Crippen LogP contribution in [0.25, 0.3) is 0 Å². The summed E-state index contributed by atoms with van der Waals surface area (Å²) in [7, 11) is 0. The van der Waals surface area contributed by atoms with E-state index in [9.17, 15) is 0 Å². The van der Waals surface area contributed by atoms with Gasteiger partial charge in [-0.3, -0.25) is 0 Å². The molecule has 3 aliphatic rings. The average molecular weight is 220 g/mol. The maximum Gasteiger partial charge on any atom is 0.0330 e. The van der Waals surface area contributed by atoms with Gasteiger partial charge in [-0.25, -0.2) is 0 Å². The van der Waals surface area contributed by atoms with Crippen molar-refractivity contribution in [2.24, 2.45) is 5.92 Å². The molecule has 2 aliphatic heterocycles. The maximum atomic E-state index is 2.68. The van der Waals surface area contributed by atoms with Crippen molar-refractivity contribution in [3.63, 3.8) is 0 Å². The molecule has 0 N–H and O–H groups in total. The molecule has 0 radical (unpaired) electrons. The molecule has 1 aliphatic carbocycles. The molecule has 0 spiro atoms. The molecule has 0 aromatic carbocycles. The quantitative estimate of drug-likeness (QED) is 0.706.